The Hall–Kier alpha value is -2.78. The third-order valence-electron chi connectivity index (χ3n) is 6.13. The van der Waals surface area contributed by atoms with Gasteiger partial charge in [0.05, 0.1) is 20.6 Å². The molecule has 0 bridgehead atoms. The van der Waals surface area contributed by atoms with E-state index in [1.807, 2.05) is 13.8 Å². The van der Waals surface area contributed by atoms with Gasteiger partial charge in [0.2, 0.25) is 11.8 Å². The highest BCUT2D eigenvalue weighted by atomic mass is 35.5. The molecule has 0 saturated heterocycles. The normalized spacial score (nSPS) is 12.2. The number of amides is 2. The maximum absolute atomic E-state index is 14.0. The first-order valence-electron chi connectivity index (χ1n) is 12.8. The Morgan fingerprint density at radius 1 is 0.900 bits per heavy atom. The molecular formula is C29H32Cl3N3O4S. The summed E-state index contributed by atoms with van der Waals surface area (Å²) in [6.07, 6.45) is 0.309. The molecule has 214 valence electrons. The van der Waals surface area contributed by atoms with Crippen molar-refractivity contribution in [2.45, 2.75) is 44.7 Å². The van der Waals surface area contributed by atoms with Crippen molar-refractivity contribution in [3.63, 3.8) is 0 Å². The first-order chi connectivity index (χ1) is 18.9. The predicted molar refractivity (Wildman–Crippen MR) is 161 cm³/mol. The van der Waals surface area contributed by atoms with Crippen LogP contribution in [0.1, 0.15) is 32.8 Å². The molecule has 3 aromatic rings. The second-order valence-corrected chi connectivity index (χ2v) is 12.7. The second kappa shape index (κ2) is 14.2. The van der Waals surface area contributed by atoms with Crippen molar-refractivity contribution < 1.29 is 18.0 Å². The molecule has 0 heterocycles. The molecule has 11 heteroatoms. The van der Waals surface area contributed by atoms with Crippen molar-refractivity contribution in [2.24, 2.45) is 5.92 Å². The predicted octanol–water partition coefficient (Wildman–Crippen LogP) is 6.42. The van der Waals surface area contributed by atoms with Crippen molar-refractivity contribution in [3.8, 4) is 0 Å². The van der Waals surface area contributed by atoms with Crippen molar-refractivity contribution in [1.29, 1.82) is 0 Å². The summed E-state index contributed by atoms with van der Waals surface area (Å²) in [5.41, 5.74) is 0.898. The Labute approximate surface area is 251 Å². The SMILES string of the molecule is CC[C@@H](C(=O)NCC(C)C)N(Cc1ccc(Cl)c(Cl)c1)C(=O)CN(c1ccc(Cl)cc1)S(=O)(=O)c1ccccc1. The number of nitrogens with zero attached hydrogens (tertiary/aromatic N) is 2. The van der Waals surface area contributed by atoms with Gasteiger partial charge < -0.3 is 10.2 Å². The van der Waals surface area contributed by atoms with Crippen LogP contribution in [-0.2, 0) is 26.2 Å². The van der Waals surface area contributed by atoms with E-state index >= 15 is 0 Å². The Kier molecular flexibility index (Phi) is 11.3. The molecule has 0 aliphatic carbocycles. The number of hydrogen-bond donors (Lipinski definition) is 1. The van der Waals surface area contributed by atoms with Crippen LogP contribution in [-0.4, -0.2) is 44.3 Å². The Morgan fingerprint density at radius 3 is 2.12 bits per heavy atom. The Morgan fingerprint density at radius 2 is 1.55 bits per heavy atom. The van der Waals surface area contributed by atoms with E-state index in [0.717, 1.165) is 4.31 Å². The molecule has 0 saturated carbocycles. The maximum Gasteiger partial charge on any atom is 0.264 e. The number of halogens is 3. The molecule has 2 amide bonds. The van der Waals surface area contributed by atoms with Crippen LogP contribution in [0.15, 0.2) is 77.7 Å². The summed E-state index contributed by atoms with van der Waals surface area (Å²) in [6.45, 7) is 5.64. The maximum atomic E-state index is 14.0. The molecule has 40 heavy (non-hydrogen) atoms. The summed E-state index contributed by atoms with van der Waals surface area (Å²) in [5, 5.41) is 3.97. The number of nitrogens with one attached hydrogen (secondary N) is 1. The van der Waals surface area contributed by atoms with Crippen LogP contribution in [0.3, 0.4) is 0 Å². The van der Waals surface area contributed by atoms with Crippen LogP contribution in [0.4, 0.5) is 5.69 Å². The molecule has 0 aliphatic heterocycles. The zero-order valence-corrected chi connectivity index (χ0v) is 25.6. The van der Waals surface area contributed by atoms with Gasteiger partial charge in [0.25, 0.3) is 10.0 Å². The molecule has 0 radical (unpaired) electrons. The van der Waals surface area contributed by atoms with E-state index in [-0.39, 0.29) is 29.0 Å². The second-order valence-electron chi connectivity index (χ2n) is 9.63. The van der Waals surface area contributed by atoms with E-state index < -0.39 is 28.5 Å². The van der Waals surface area contributed by atoms with Crippen LogP contribution in [0.5, 0.6) is 0 Å². The summed E-state index contributed by atoms with van der Waals surface area (Å²) in [4.78, 5) is 28.7. The number of sulfonamides is 1. The number of rotatable bonds is 12. The lowest BCUT2D eigenvalue weighted by Gasteiger charge is -2.33. The van der Waals surface area contributed by atoms with Crippen LogP contribution in [0, 0.1) is 5.92 Å². The van der Waals surface area contributed by atoms with Gasteiger partial charge in [-0.1, -0.05) is 79.8 Å². The molecule has 1 atom stereocenters. The minimum atomic E-state index is -4.15. The van der Waals surface area contributed by atoms with Gasteiger partial charge >= 0.3 is 0 Å². The fourth-order valence-corrected chi connectivity index (χ4v) is 5.91. The summed E-state index contributed by atoms with van der Waals surface area (Å²) in [7, 11) is -4.15. The molecule has 0 aliphatic rings. The summed E-state index contributed by atoms with van der Waals surface area (Å²) in [6, 6.07) is 18.1. The van der Waals surface area contributed by atoms with Gasteiger partial charge in [-0.3, -0.25) is 13.9 Å². The van der Waals surface area contributed by atoms with Crippen LogP contribution in [0.25, 0.3) is 0 Å². The minimum Gasteiger partial charge on any atom is -0.354 e. The van der Waals surface area contributed by atoms with Crippen molar-refractivity contribution in [3.05, 3.63) is 93.4 Å². The minimum absolute atomic E-state index is 0.0170. The van der Waals surface area contributed by atoms with E-state index in [2.05, 4.69) is 5.32 Å². The molecule has 0 fully saturated rings. The van der Waals surface area contributed by atoms with E-state index in [9.17, 15) is 18.0 Å². The standard InChI is InChI=1S/C29H32Cl3N3O4S/c1-4-27(29(37)33-17-20(2)3)34(18-21-10-15-25(31)26(32)16-21)28(36)19-35(23-13-11-22(30)12-14-23)40(38,39)24-8-6-5-7-9-24/h5-16,20,27H,4,17-19H2,1-3H3,(H,33,37)/t27-/m0/s1. The highest BCUT2D eigenvalue weighted by Gasteiger charge is 2.33. The van der Waals surface area contributed by atoms with Gasteiger partial charge in [-0.15, -0.1) is 0 Å². The highest BCUT2D eigenvalue weighted by Crippen LogP contribution is 2.27. The largest absolute Gasteiger partial charge is 0.354 e. The lowest BCUT2D eigenvalue weighted by Crippen LogP contribution is -2.52. The van der Waals surface area contributed by atoms with Gasteiger partial charge in [-0.25, -0.2) is 8.42 Å². The summed E-state index contributed by atoms with van der Waals surface area (Å²) < 4.78 is 28.6. The topological polar surface area (TPSA) is 86.8 Å². The van der Waals surface area contributed by atoms with Gasteiger partial charge in [-0.2, -0.15) is 0 Å². The third-order valence-corrected chi connectivity index (χ3v) is 8.91. The number of benzene rings is 3. The molecule has 1 N–H and O–H groups in total. The molecule has 3 rings (SSSR count). The number of carbonyl (C=O) groups is 2. The zero-order chi connectivity index (χ0) is 29.4. The number of hydrogen-bond acceptors (Lipinski definition) is 4. The first kappa shape index (κ1) is 31.7. The Balaban J connectivity index is 2.04. The van der Waals surface area contributed by atoms with Gasteiger partial charge in [-0.05, 0) is 66.4 Å². The van der Waals surface area contributed by atoms with Crippen molar-refractivity contribution in [1.82, 2.24) is 10.2 Å². The lowest BCUT2D eigenvalue weighted by atomic mass is 10.1. The van der Waals surface area contributed by atoms with E-state index in [4.69, 9.17) is 34.8 Å². The monoisotopic (exact) mass is 623 g/mol. The molecule has 0 unspecified atom stereocenters. The first-order valence-corrected chi connectivity index (χ1v) is 15.4. The lowest BCUT2D eigenvalue weighted by molar-refractivity contribution is -0.140. The molecule has 3 aromatic carbocycles. The van der Waals surface area contributed by atoms with E-state index in [0.29, 0.717) is 33.6 Å². The van der Waals surface area contributed by atoms with Gasteiger partial charge in [0.1, 0.15) is 12.6 Å². The third kappa shape index (κ3) is 8.13. The van der Waals surface area contributed by atoms with Gasteiger partial charge in [0, 0.05) is 18.1 Å². The summed E-state index contributed by atoms with van der Waals surface area (Å²) >= 11 is 18.4. The van der Waals surface area contributed by atoms with E-state index in [1.54, 1.807) is 55.5 Å². The molecular weight excluding hydrogens is 593 g/mol. The van der Waals surface area contributed by atoms with Gasteiger partial charge in [0.15, 0.2) is 0 Å². The van der Waals surface area contributed by atoms with Crippen molar-refractivity contribution in [2.75, 3.05) is 17.4 Å². The van der Waals surface area contributed by atoms with Crippen molar-refractivity contribution >= 4 is 62.3 Å². The fourth-order valence-electron chi connectivity index (χ4n) is 4.03. The number of carbonyl (C=O) groups excluding carboxylic acids is 2. The average Bonchev–Trinajstić information content (AvgIpc) is 2.93. The molecule has 0 spiro atoms. The van der Waals surface area contributed by atoms with Crippen LogP contribution in [0.2, 0.25) is 15.1 Å². The summed E-state index contributed by atoms with van der Waals surface area (Å²) in [5.74, 6) is -0.683. The quantitative estimate of drug-likeness (QED) is 0.252. The Bertz CT molecular complexity index is 1420. The van der Waals surface area contributed by atoms with E-state index in [1.165, 1.54) is 29.2 Å². The zero-order valence-electron chi connectivity index (χ0n) is 22.5. The number of anilines is 1. The molecule has 0 aromatic heterocycles. The van der Waals surface area contributed by atoms with Crippen LogP contribution < -0.4 is 9.62 Å². The molecule has 7 nitrogen and oxygen atoms in total. The van der Waals surface area contributed by atoms with Crippen LogP contribution >= 0.6 is 34.8 Å². The highest BCUT2D eigenvalue weighted by molar-refractivity contribution is 7.92. The fraction of sp³-hybridized carbons (Fsp3) is 0.310. The average molecular weight is 625 g/mol. The smallest absolute Gasteiger partial charge is 0.264 e.